The molecule has 0 radical (unpaired) electrons. The second-order valence-corrected chi connectivity index (χ2v) is 5.02. The zero-order valence-electron chi connectivity index (χ0n) is 12.6. The molecule has 0 fully saturated rings. The first kappa shape index (κ1) is 17.8. The summed E-state index contributed by atoms with van der Waals surface area (Å²) < 4.78 is 0. The molecule has 0 aliphatic carbocycles. The number of hydrogen-bond acceptors (Lipinski definition) is 5. The van der Waals surface area contributed by atoms with E-state index in [0.29, 0.717) is 32.2 Å². The van der Waals surface area contributed by atoms with Gasteiger partial charge >= 0.3 is 0 Å². The predicted molar refractivity (Wildman–Crippen MR) is 78.9 cm³/mol. The van der Waals surface area contributed by atoms with E-state index in [0.717, 1.165) is 0 Å². The van der Waals surface area contributed by atoms with Crippen molar-refractivity contribution in [1.82, 2.24) is 15.8 Å². The van der Waals surface area contributed by atoms with E-state index >= 15 is 0 Å². The second kappa shape index (κ2) is 8.93. The van der Waals surface area contributed by atoms with Crippen LogP contribution >= 0.6 is 0 Å². The number of hydrazine groups is 1. The molecule has 0 aromatic carbocycles. The van der Waals surface area contributed by atoms with Gasteiger partial charge in [-0.2, -0.15) is 0 Å². The van der Waals surface area contributed by atoms with Crippen LogP contribution in [0, 0.1) is 0 Å². The Hall–Kier alpha value is -2.22. The van der Waals surface area contributed by atoms with Crippen LogP contribution in [0.4, 0.5) is 0 Å². The average Bonchev–Trinajstić information content (AvgIpc) is 2.82. The van der Waals surface area contributed by atoms with Gasteiger partial charge in [-0.05, 0) is 19.3 Å². The number of nitrogens with two attached hydrogens (primary N) is 1. The summed E-state index contributed by atoms with van der Waals surface area (Å²) in [6.07, 6.45) is 5.18. The van der Waals surface area contributed by atoms with Crippen molar-refractivity contribution >= 4 is 23.6 Å². The fourth-order valence-corrected chi connectivity index (χ4v) is 1.86. The molecule has 8 nitrogen and oxygen atoms in total. The van der Waals surface area contributed by atoms with Crippen molar-refractivity contribution in [2.75, 3.05) is 6.54 Å². The van der Waals surface area contributed by atoms with E-state index in [1.54, 1.807) is 6.92 Å². The molecule has 1 atom stereocenters. The number of nitrogens with zero attached hydrogens (tertiary/aromatic N) is 1. The predicted octanol–water partition coefficient (Wildman–Crippen LogP) is -0.644. The monoisotopic (exact) mass is 310 g/mol. The molecule has 0 saturated carbocycles. The zero-order valence-corrected chi connectivity index (χ0v) is 12.6. The highest BCUT2D eigenvalue weighted by atomic mass is 16.2. The fraction of sp³-hybridized carbons (Fsp3) is 0.571. The smallest absolute Gasteiger partial charge is 0.255 e. The minimum Gasteiger partial charge on any atom is -0.320 e. The number of amides is 4. The van der Waals surface area contributed by atoms with Crippen molar-refractivity contribution in [1.29, 1.82) is 0 Å². The van der Waals surface area contributed by atoms with Gasteiger partial charge in [-0.3, -0.25) is 34.9 Å². The zero-order chi connectivity index (χ0) is 16.5. The summed E-state index contributed by atoms with van der Waals surface area (Å²) in [5.74, 6) is -1.31. The van der Waals surface area contributed by atoms with E-state index in [2.05, 4.69) is 10.9 Å². The highest BCUT2D eigenvalue weighted by molar-refractivity contribution is 6.12. The molecular formula is C14H22N4O4. The first-order chi connectivity index (χ1) is 10.5. The van der Waals surface area contributed by atoms with Crippen LogP contribution < -0.4 is 16.6 Å². The summed E-state index contributed by atoms with van der Waals surface area (Å²) in [5, 5.41) is 0. The van der Waals surface area contributed by atoms with Gasteiger partial charge in [-0.25, -0.2) is 0 Å². The van der Waals surface area contributed by atoms with Crippen LogP contribution in [-0.4, -0.2) is 41.1 Å². The van der Waals surface area contributed by atoms with Crippen molar-refractivity contribution in [2.24, 2.45) is 5.73 Å². The molecule has 0 saturated heterocycles. The Morgan fingerprint density at radius 1 is 1.14 bits per heavy atom. The second-order valence-electron chi connectivity index (χ2n) is 5.02. The van der Waals surface area contributed by atoms with Crippen LogP contribution in [0.5, 0.6) is 0 Å². The summed E-state index contributed by atoms with van der Waals surface area (Å²) in [5.41, 5.74) is 10.1. The number of nitrogens with one attached hydrogen (secondary N) is 2. The van der Waals surface area contributed by atoms with Gasteiger partial charge in [-0.1, -0.05) is 13.3 Å². The summed E-state index contributed by atoms with van der Waals surface area (Å²) in [6, 6.07) is -0.635. The summed E-state index contributed by atoms with van der Waals surface area (Å²) in [7, 11) is 0. The quantitative estimate of drug-likeness (QED) is 0.313. The fourth-order valence-electron chi connectivity index (χ4n) is 1.86. The van der Waals surface area contributed by atoms with Crippen LogP contribution in [0.1, 0.15) is 39.0 Å². The molecule has 1 aliphatic heterocycles. The lowest BCUT2D eigenvalue weighted by Crippen LogP contribution is -2.49. The van der Waals surface area contributed by atoms with Crippen LogP contribution in [0.3, 0.4) is 0 Å². The molecule has 0 spiro atoms. The summed E-state index contributed by atoms with van der Waals surface area (Å²) >= 11 is 0. The van der Waals surface area contributed by atoms with E-state index in [4.69, 9.17) is 5.73 Å². The Morgan fingerprint density at radius 3 is 2.36 bits per heavy atom. The van der Waals surface area contributed by atoms with Gasteiger partial charge in [0.15, 0.2) is 0 Å². The van der Waals surface area contributed by atoms with Gasteiger partial charge < -0.3 is 5.73 Å². The molecule has 1 aliphatic rings. The SMILES string of the molecule is CC[C@H](N)C(=O)NNC(=O)CCCCCN1C(=O)C=CC1=O. The highest BCUT2D eigenvalue weighted by Crippen LogP contribution is 2.07. The van der Waals surface area contributed by atoms with Crippen molar-refractivity contribution < 1.29 is 19.2 Å². The Kier molecular flexibility index (Phi) is 7.24. The van der Waals surface area contributed by atoms with E-state index in [1.807, 2.05) is 0 Å². The van der Waals surface area contributed by atoms with Crippen molar-refractivity contribution in [3.63, 3.8) is 0 Å². The highest BCUT2D eigenvalue weighted by Gasteiger charge is 2.22. The van der Waals surface area contributed by atoms with Gasteiger partial charge in [0.25, 0.3) is 17.7 Å². The molecule has 0 bridgehead atoms. The van der Waals surface area contributed by atoms with Crippen LogP contribution in [-0.2, 0) is 19.2 Å². The minimum absolute atomic E-state index is 0.252. The van der Waals surface area contributed by atoms with Gasteiger partial charge in [0.05, 0.1) is 6.04 Å². The largest absolute Gasteiger partial charge is 0.320 e. The number of imide groups is 1. The Labute approximate surface area is 129 Å². The average molecular weight is 310 g/mol. The van der Waals surface area contributed by atoms with Crippen LogP contribution in [0.15, 0.2) is 12.2 Å². The lowest BCUT2D eigenvalue weighted by Gasteiger charge is -2.13. The molecule has 4 amide bonds. The molecule has 8 heteroatoms. The summed E-state index contributed by atoms with van der Waals surface area (Å²) in [4.78, 5) is 46.6. The van der Waals surface area contributed by atoms with Crippen molar-refractivity contribution in [3.05, 3.63) is 12.2 Å². The number of hydrogen-bond donors (Lipinski definition) is 3. The molecule has 0 unspecified atom stereocenters. The molecule has 0 aromatic heterocycles. The number of rotatable bonds is 8. The van der Waals surface area contributed by atoms with Crippen molar-refractivity contribution in [3.8, 4) is 0 Å². The van der Waals surface area contributed by atoms with Gasteiger partial charge in [0.1, 0.15) is 0 Å². The number of carbonyl (C=O) groups is 4. The maximum absolute atomic E-state index is 11.5. The molecule has 1 heterocycles. The third-order valence-electron chi connectivity index (χ3n) is 3.29. The Bertz CT molecular complexity index is 457. The van der Waals surface area contributed by atoms with Crippen molar-refractivity contribution in [2.45, 2.75) is 45.1 Å². The van der Waals surface area contributed by atoms with E-state index < -0.39 is 11.9 Å². The molecule has 122 valence electrons. The standard InChI is InChI=1S/C14H22N4O4/c1-2-10(15)14(22)17-16-11(19)6-4-3-5-9-18-12(20)7-8-13(18)21/h7-8,10H,2-6,9,15H2,1H3,(H,16,19)(H,17,22)/t10-/m0/s1. The third-order valence-corrected chi connectivity index (χ3v) is 3.29. The first-order valence-electron chi connectivity index (χ1n) is 7.33. The molecule has 1 rings (SSSR count). The number of unbranched alkanes of at least 4 members (excludes halogenated alkanes) is 2. The normalized spacial score (nSPS) is 15.1. The number of carbonyl (C=O) groups excluding carboxylic acids is 4. The van der Waals surface area contributed by atoms with E-state index in [-0.39, 0.29) is 24.1 Å². The minimum atomic E-state index is -0.635. The molecule has 4 N–H and O–H groups in total. The molecular weight excluding hydrogens is 288 g/mol. The Morgan fingerprint density at radius 2 is 1.77 bits per heavy atom. The van der Waals surface area contributed by atoms with E-state index in [1.165, 1.54) is 17.1 Å². The molecule has 22 heavy (non-hydrogen) atoms. The lowest BCUT2D eigenvalue weighted by atomic mass is 10.2. The van der Waals surface area contributed by atoms with Crippen LogP contribution in [0.25, 0.3) is 0 Å². The van der Waals surface area contributed by atoms with Gasteiger partial charge in [0.2, 0.25) is 5.91 Å². The van der Waals surface area contributed by atoms with Gasteiger partial charge in [0, 0.05) is 25.1 Å². The summed E-state index contributed by atoms with van der Waals surface area (Å²) in [6.45, 7) is 2.13. The van der Waals surface area contributed by atoms with Crippen LogP contribution in [0.2, 0.25) is 0 Å². The lowest BCUT2D eigenvalue weighted by molar-refractivity contribution is -0.137. The Balaban J connectivity index is 2.07. The maximum atomic E-state index is 11.5. The maximum Gasteiger partial charge on any atom is 0.255 e. The first-order valence-corrected chi connectivity index (χ1v) is 7.33. The van der Waals surface area contributed by atoms with Gasteiger partial charge in [-0.15, -0.1) is 0 Å². The van der Waals surface area contributed by atoms with E-state index in [9.17, 15) is 19.2 Å². The topological polar surface area (TPSA) is 122 Å². The molecule has 0 aromatic rings. The third kappa shape index (κ3) is 5.65.